The summed E-state index contributed by atoms with van der Waals surface area (Å²) >= 11 is 3.53. The van der Waals surface area contributed by atoms with Gasteiger partial charge in [-0.15, -0.1) is 0 Å². The molecule has 0 aromatic heterocycles. The van der Waals surface area contributed by atoms with Crippen LogP contribution in [0.1, 0.15) is 11.1 Å². The van der Waals surface area contributed by atoms with Gasteiger partial charge in [-0.2, -0.15) is 0 Å². The van der Waals surface area contributed by atoms with Crippen LogP contribution in [0.5, 0.6) is 17.2 Å². The molecule has 28 heavy (non-hydrogen) atoms. The highest BCUT2D eigenvalue weighted by atomic mass is 79.9. The molecule has 3 aromatic rings. The van der Waals surface area contributed by atoms with Crippen molar-refractivity contribution in [3.63, 3.8) is 0 Å². The Morgan fingerprint density at radius 2 is 1.68 bits per heavy atom. The van der Waals surface area contributed by atoms with E-state index in [4.69, 9.17) is 14.2 Å². The van der Waals surface area contributed by atoms with Crippen LogP contribution in [0.15, 0.2) is 70.1 Å². The maximum atomic E-state index is 13.0. The molecule has 3 rings (SSSR count). The number of benzene rings is 3. The molecule has 0 radical (unpaired) electrons. The molecular weight excluding hydrogens is 425 g/mol. The van der Waals surface area contributed by atoms with Crippen LogP contribution in [0.25, 0.3) is 0 Å². The summed E-state index contributed by atoms with van der Waals surface area (Å²) in [6.45, 7) is 0.300. The van der Waals surface area contributed by atoms with Gasteiger partial charge < -0.3 is 14.2 Å². The molecule has 0 aliphatic heterocycles. The zero-order valence-electron chi connectivity index (χ0n) is 15.5. The summed E-state index contributed by atoms with van der Waals surface area (Å²) in [6.07, 6.45) is 1.75. The van der Waals surface area contributed by atoms with Crippen LogP contribution >= 0.6 is 15.9 Å². The van der Waals surface area contributed by atoms with Gasteiger partial charge in [0, 0.05) is 6.21 Å². The summed E-state index contributed by atoms with van der Waals surface area (Å²) in [4.78, 5) is 4.47. The molecule has 6 heteroatoms. The molecule has 0 spiro atoms. The second kappa shape index (κ2) is 9.37. The largest absolute Gasteiger partial charge is 0.497 e. The predicted molar refractivity (Wildman–Crippen MR) is 112 cm³/mol. The molecule has 0 aliphatic rings. The molecule has 0 bridgehead atoms. The SMILES string of the molecule is COc1ccc(N=Cc2cc(Br)c(OCc3ccc(F)cc3)c(OC)c2)cc1. The normalized spacial score (nSPS) is 10.9. The molecule has 0 saturated heterocycles. The first-order valence-electron chi connectivity index (χ1n) is 8.52. The van der Waals surface area contributed by atoms with Crippen LogP contribution < -0.4 is 14.2 Å². The Hall–Kier alpha value is -2.86. The van der Waals surface area contributed by atoms with Gasteiger partial charge in [0.1, 0.15) is 18.2 Å². The van der Waals surface area contributed by atoms with E-state index in [1.54, 1.807) is 32.6 Å². The summed E-state index contributed by atoms with van der Waals surface area (Å²) in [6, 6.07) is 17.4. The Balaban J connectivity index is 1.76. The van der Waals surface area contributed by atoms with Crippen molar-refractivity contribution in [2.45, 2.75) is 6.61 Å². The number of methoxy groups -OCH3 is 2. The molecule has 0 atom stereocenters. The van der Waals surface area contributed by atoms with Crippen LogP contribution in [-0.2, 0) is 6.61 Å². The number of rotatable bonds is 7. The third-order valence-electron chi connectivity index (χ3n) is 3.98. The van der Waals surface area contributed by atoms with E-state index in [2.05, 4.69) is 20.9 Å². The summed E-state index contributed by atoms with van der Waals surface area (Å²) in [7, 11) is 3.21. The Labute approximate surface area is 171 Å². The van der Waals surface area contributed by atoms with Gasteiger partial charge in [-0.05, 0) is 75.6 Å². The van der Waals surface area contributed by atoms with E-state index in [1.807, 2.05) is 36.4 Å². The molecule has 0 aliphatic carbocycles. The lowest BCUT2D eigenvalue weighted by molar-refractivity contribution is 0.282. The van der Waals surface area contributed by atoms with E-state index in [1.165, 1.54) is 12.1 Å². The fraction of sp³-hybridized carbons (Fsp3) is 0.136. The molecule has 0 saturated carbocycles. The fourth-order valence-electron chi connectivity index (χ4n) is 2.51. The first-order chi connectivity index (χ1) is 13.6. The Morgan fingerprint density at radius 1 is 0.964 bits per heavy atom. The Kier molecular flexibility index (Phi) is 6.66. The topological polar surface area (TPSA) is 40.0 Å². The van der Waals surface area contributed by atoms with E-state index in [0.29, 0.717) is 18.1 Å². The lowest BCUT2D eigenvalue weighted by Crippen LogP contribution is -1.99. The predicted octanol–water partition coefficient (Wildman–Crippen LogP) is 5.94. The fourth-order valence-corrected chi connectivity index (χ4v) is 3.08. The van der Waals surface area contributed by atoms with Crippen molar-refractivity contribution in [1.82, 2.24) is 0 Å². The summed E-state index contributed by atoms with van der Waals surface area (Å²) in [5.74, 6) is 1.66. The smallest absolute Gasteiger partial charge is 0.175 e. The molecule has 0 amide bonds. The highest BCUT2D eigenvalue weighted by molar-refractivity contribution is 9.10. The third-order valence-corrected chi connectivity index (χ3v) is 4.57. The standard InChI is InChI=1S/C22H19BrFNO3/c1-26-19-9-7-18(8-10-19)25-13-16-11-20(23)22(21(12-16)27-2)28-14-15-3-5-17(24)6-4-15/h3-13H,14H2,1-2H3. The average molecular weight is 444 g/mol. The van der Waals surface area contributed by atoms with Crippen molar-refractivity contribution in [3.8, 4) is 17.2 Å². The number of aliphatic imine (C=N–C) groups is 1. The third kappa shape index (κ3) is 5.10. The van der Waals surface area contributed by atoms with Crippen molar-refractivity contribution in [3.05, 3.63) is 82.1 Å². The van der Waals surface area contributed by atoms with Gasteiger partial charge in [0.25, 0.3) is 0 Å². The van der Waals surface area contributed by atoms with Gasteiger partial charge in [-0.3, -0.25) is 4.99 Å². The molecular formula is C22H19BrFNO3. The zero-order chi connectivity index (χ0) is 19.9. The molecule has 0 heterocycles. The summed E-state index contributed by atoms with van der Waals surface area (Å²) in [5, 5.41) is 0. The van der Waals surface area contributed by atoms with Gasteiger partial charge >= 0.3 is 0 Å². The van der Waals surface area contributed by atoms with Crippen LogP contribution in [0, 0.1) is 5.82 Å². The first-order valence-corrected chi connectivity index (χ1v) is 9.31. The zero-order valence-corrected chi connectivity index (χ0v) is 17.1. The number of nitrogens with zero attached hydrogens (tertiary/aromatic N) is 1. The highest BCUT2D eigenvalue weighted by Gasteiger charge is 2.11. The highest BCUT2D eigenvalue weighted by Crippen LogP contribution is 2.37. The van der Waals surface area contributed by atoms with Crippen LogP contribution in [-0.4, -0.2) is 20.4 Å². The minimum absolute atomic E-state index is 0.275. The molecule has 0 N–H and O–H groups in total. The van der Waals surface area contributed by atoms with E-state index in [0.717, 1.165) is 27.0 Å². The number of hydrogen-bond acceptors (Lipinski definition) is 4. The van der Waals surface area contributed by atoms with Crippen molar-refractivity contribution < 1.29 is 18.6 Å². The lowest BCUT2D eigenvalue weighted by Gasteiger charge is -2.13. The maximum Gasteiger partial charge on any atom is 0.175 e. The lowest BCUT2D eigenvalue weighted by atomic mass is 10.2. The van der Waals surface area contributed by atoms with Crippen LogP contribution in [0.2, 0.25) is 0 Å². The molecule has 3 aromatic carbocycles. The van der Waals surface area contributed by atoms with Crippen molar-refractivity contribution in [2.24, 2.45) is 4.99 Å². The van der Waals surface area contributed by atoms with Gasteiger partial charge in [0.05, 0.1) is 24.4 Å². The van der Waals surface area contributed by atoms with E-state index >= 15 is 0 Å². The Bertz CT molecular complexity index is 957. The molecule has 0 unspecified atom stereocenters. The van der Waals surface area contributed by atoms with E-state index < -0.39 is 0 Å². The monoisotopic (exact) mass is 443 g/mol. The molecule has 144 valence electrons. The minimum Gasteiger partial charge on any atom is -0.497 e. The second-order valence-corrected chi connectivity index (χ2v) is 6.76. The molecule has 4 nitrogen and oxygen atoms in total. The Morgan fingerprint density at radius 3 is 2.32 bits per heavy atom. The molecule has 0 fully saturated rings. The average Bonchev–Trinajstić information content (AvgIpc) is 2.72. The van der Waals surface area contributed by atoms with Gasteiger partial charge in [-0.25, -0.2) is 4.39 Å². The van der Waals surface area contributed by atoms with Crippen molar-refractivity contribution in [1.29, 1.82) is 0 Å². The van der Waals surface area contributed by atoms with Gasteiger partial charge in [0.2, 0.25) is 0 Å². The second-order valence-electron chi connectivity index (χ2n) is 5.91. The quantitative estimate of drug-likeness (QED) is 0.424. The van der Waals surface area contributed by atoms with Gasteiger partial charge in [0.15, 0.2) is 11.5 Å². The minimum atomic E-state index is -0.275. The van der Waals surface area contributed by atoms with Crippen molar-refractivity contribution in [2.75, 3.05) is 14.2 Å². The summed E-state index contributed by atoms with van der Waals surface area (Å²) in [5.41, 5.74) is 2.53. The first kappa shape index (κ1) is 19.9. The van der Waals surface area contributed by atoms with E-state index in [-0.39, 0.29) is 5.82 Å². The van der Waals surface area contributed by atoms with Crippen molar-refractivity contribution >= 4 is 27.8 Å². The summed E-state index contributed by atoms with van der Waals surface area (Å²) < 4.78 is 30.2. The van der Waals surface area contributed by atoms with Gasteiger partial charge in [-0.1, -0.05) is 12.1 Å². The van der Waals surface area contributed by atoms with Crippen LogP contribution in [0.4, 0.5) is 10.1 Å². The number of ether oxygens (including phenoxy) is 3. The number of hydrogen-bond donors (Lipinski definition) is 0. The number of halogens is 2. The van der Waals surface area contributed by atoms with E-state index in [9.17, 15) is 4.39 Å². The maximum absolute atomic E-state index is 13.0. The van der Waals surface area contributed by atoms with Crippen LogP contribution in [0.3, 0.4) is 0 Å².